The van der Waals surface area contributed by atoms with Crippen LogP contribution in [-0.4, -0.2) is 27.9 Å². The number of benzene rings is 1. The van der Waals surface area contributed by atoms with E-state index < -0.39 is 12.0 Å². The first kappa shape index (κ1) is 13.6. The average Bonchev–Trinajstić information content (AvgIpc) is 2.35. The van der Waals surface area contributed by atoms with Gasteiger partial charge in [-0.05, 0) is 30.0 Å². The van der Waals surface area contributed by atoms with Gasteiger partial charge in [0.2, 0.25) is 5.91 Å². The van der Waals surface area contributed by atoms with Crippen LogP contribution < -0.4 is 0 Å². The molecular formula is C15H16BrNO3. The molecule has 0 radical (unpaired) electrons. The fourth-order valence-electron chi connectivity index (χ4n) is 2.92. The number of hydrogen-bond acceptors (Lipinski definition) is 2. The Hall–Kier alpha value is -1.36. The van der Waals surface area contributed by atoms with Gasteiger partial charge in [-0.3, -0.25) is 4.79 Å². The summed E-state index contributed by atoms with van der Waals surface area (Å²) in [5, 5.41) is 9.44. The predicted octanol–water partition coefficient (Wildman–Crippen LogP) is 2.59. The van der Waals surface area contributed by atoms with Gasteiger partial charge in [0.15, 0.2) is 0 Å². The Kier molecular flexibility index (Phi) is 3.54. The Morgan fingerprint density at radius 2 is 2.05 bits per heavy atom. The molecule has 1 unspecified atom stereocenters. The maximum absolute atomic E-state index is 12.4. The molecule has 106 valence electrons. The number of hydrogen-bond donors (Lipinski definition) is 1. The maximum Gasteiger partial charge on any atom is 0.326 e. The van der Waals surface area contributed by atoms with Crippen LogP contribution in [0.2, 0.25) is 0 Å². The quantitative estimate of drug-likeness (QED) is 0.902. The first-order chi connectivity index (χ1) is 9.58. The van der Waals surface area contributed by atoms with Crippen LogP contribution in [-0.2, 0) is 22.6 Å². The number of amides is 1. The van der Waals surface area contributed by atoms with Crippen LogP contribution in [0.5, 0.6) is 0 Å². The van der Waals surface area contributed by atoms with Gasteiger partial charge in [0, 0.05) is 23.4 Å². The number of carbonyl (C=O) groups excluding carboxylic acids is 1. The van der Waals surface area contributed by atoms with Crippen molar-refractivity contribution in [1.29, 1.82) is 0 Å². The summed E-state index contributed by atoms with van der Waals surface area (Å²) in [5.41, 5.74) is 2.06. The van der Waals surface area contributed by atoms with Crippen molar-refractivity contribution in [3.63, 3.8) is 0 Å². The highest BCUT2D eigenvalue weighted by atomic mass is 79.9. The lowest BCUT2D eigenvalue weighted by Crippen LogP contribution is -2.51. The van der Waals surface area contributed by atoms with Crippen LogP contribution in [0.15, 0.2) is 22.7 Å². The van der Waals surface area contributed by atoms with Gasteiger partial charge in [-0.2, -0.15) is 0 Å². The Morgan fingerprint density at radius 3 is 2.65 bits per heavy atom. The van der Waals surface area contributed by atoms with E-state index in [1.54, 1.807) is 4.90 Å². The molecule has 0 spiro atoms. The molecule has 0 saturated heterocycles. The van der Waals surface area contributed by atoms with E-state index in [-0.39, 0.29) is 11.8 Å². The minimum Gasteiger partial charge on any atom is -0.480 e. The van der Waals surface area contributed by atoms with Gasteiger partial charge >= 0.3 is 5.97 Å². The van der Waals surface area contributed by atoms with E-state index in [0.29, 0.717) is 13.0 Å². The van der Waals surface area contributed by atoms with Crippen LogP contribution in [0.25, 0.3) is 0 Å². The third-order valence-corrected chi connectivity index (χ3v) is 5.10. The lowest BCUT2D eigenvalue weighted by atomic mass is 9.83. The number of carboxylic acid groups (broad SMARTS) is 1. The molecule has 1 aliphatic heterocycles. The lowest BCUT2D eigenvalue weighted by Gasteiger charge is -2.38. The minimum absolute atomic E-state index is 0.00859. The second kappa shape index (κ2) is 5.20. The van der Waals surface area contributed by atoms with Gasteiger partial charge in [-0.25, -0.2) is 4.79 Å². The molecule has 1 heterocycles. The summed E-state index contributed by atoms with van der Waals surface area (Å²) in [4.78, 5) is 25.5. The second-order valence-electron chi connectivity index (χ2n) is 5.53. The standard InChI is InChI=1S/C15H16BrNO3/c16-12-6-2-5-10-8-17(14(18)9-3-1-4-9)13(15(19)20)7-11(10)12/h2,5-6,9,13H,1,3-4,7-8H2,(H,19,20). The summed E-state index contributed by atoms with van der Waals surface area (Å²) >= 11 is 3.47. The van der Waals surface area contributed by atoms with Gasteiger partial charge in [0.1, 0.15) is 6.04 Å². The maximum atomic E-state index is 12.4. The Morgan fingerprint density at radius 1 is 1.30 bits per heavy atom. The zero-order chi connectivity index (χ0) is 14.3. The Bertz CT molecular complexity index is 568. The summed E-state index contributed by atoms with van der Waals surface area (Å²) in [6.07, 6.45) is 3.24. The molecule has 1 saturated carbocycles. The highest BCUT2D eigenvalue weighted by Gasteiger charge is 2.39. The average molecular weight is 338 g/mol. The zero-order valence-electron chi connectivity index (χ0n) is 11.0. The van der Waals surface area contributed by atoms with Crippen LogP contribution >= 0.6 is 15.9 Å². The number of carbonyl (C=O) groups is 2. The van der Waals surface area contributed by atoms with E-state index >= 15 is 0 Å². The summed E-state index contributed by atoms with van der Waals surface area (Å²) in [6.45, 7) is 0.404. The van der Waals surface area contributed by atoms with Crippen LogP contribution in [0.4, 0.5) is 0 Å². The van der Waals surface area contributed by atoms with Gasteiger partial charge < -0.3 is 10.0 Å². The first-order valence-corrected chi connectivity index (χ1v) is 7.67. The second-order valence-corrected chi connectivity index (χ2v) is 6.38. The van der Waals surface area contributed by atoms with Crippen molar-refractivity contribution in [2.24, 2.45) is 5.92 Å². The van der Waals surface area contributed by atoms with Gasteiger partial charge in [-0.15, -0.1) is 0 Å². The van der Waals surface area contributed by atoms with Gasteiger partial charge in [0.05, 0.1) is 0 Å². The number of rotatable bonds is 2. The highest BCUT2D eigenvalue weighted by Crippen LogP contribution is 2.34. The molecule has 20 heavy (non-hydrogen) atoms. The van der Waals surface area contributed by atoms with Crippen molar-refractivity contribution in [3.05, 3.63) is 33.8 Å². The van der Waals surface area contributed by atoms with Crippen LogP contribution in [0.3, 0.4) is 0 Å². The SMILES string of the molecule is O=C(O)C1Cc2c(Br)cccc2CN1C(=O)C1CCC1. The highest BCUT2D eigenvalue weighted by molar-refractivity contribution is 9.10. The summed E-state index contributed by atoms with van der Waals surface area (Å²) < 4.78 is 0.928. The predicted molar refractivity (Wildman–Crippen MR) is 77.2 cm³/mol. The molecule has 1 aromatic rings. The van der Waals surface area contributed by atoms with Gasteiger partial charge in [-0.1, -0.05) is 34.5 Å². The Balaban J connectivity index is 1.93. The summed E-state index contributed by atoms with van der Waals surface area (Å²) in [6, 6.07) is 5.07. The molecule has 0 aromatic heterocycles. The molecule has 0 bridgehead atoms. The molecule has 1 aromatic carbocycles. The van der Waals surface area contributed by atoms with Crippen molar-refractivity contribution in [2.75, 3.05) is 0 Å². The number of aliphatic carboxylic acids is 1. The smallest absolute Gasteiger partial charge is 0.326 e. The zero-order valence-corrected chi connectivity index (χ0v) is 12.6. The fourth-order valence-corrected chi connectivity index (χ4v) is 3.49. The third kappa shape index (κ3) is 2.24. The van der Waals surface area contributed by atoms with E-state index in [0.717, 1.165) is 34.9 Å². The van der Waals surface area contributed by atoms with E-state index in [2.05, 4.69) is 15.9 Å². The summed E-state index contributed by atoms with van der Waals surface area (Å²) in [5.74, 6) is -0.876. The van der Waals surface area contributed by atoms with Crippen molar-refractivity contribution < 1.29 is 14.7 Å². The molecule has 1 amide bonds. The monoisotopic (exact) mass is 337 g/mol. The number of carboxylic acids is 1. The van der Waals surface area contributed by atoms with E-state index in [1.807, 2.05) is 18.2 Å². The van der Waals surface area contributed by atoms with Crippen LogP contribution in [0, 0.1) is 5.92 Å². The van der Waals surface area contributed by atoms with E-state index in [9.17, 15) is 14.7 Å². The first-order valence-electron chi connectivity index (χ1n) is 6.87. The fraction of sp³-hybridized carbons (Fsp3) is 0.467. The summed E-state index contributed by atoms with van der Waals surface area (Å²) in [7, 11) is 0. The molecule has 3 rings (SSSR count). The van der Waals surface area contributed by atoms with Crippen LogP contribution in [0.1, 0.15) is 30.4 Å². The largest absolute Gasteiger partial charge is 0.480 e. The molecule has 5 heteroatoms. The Labute approximate surface area is 125 Å². The van der Waals surface area contributed by atoms with Crippen molar-refractivity contribution in [1.82, 2.24) is 4.90 Å². The van der Waals surface area contributed by atoms with E-state index in [4.69, 9.17) is 0 Å². The number of nitrogens with zero attached hydrogens (tertiary/aromatic N) is 1. The molecular weight excluding hydrogens is 322 g/mol. The van der Waals surface area contributed by atoms with E-state index in [1.165, 1.54) is 0 Å². The molecule has 1 N–H and O–H groups in total. The minimum atomic E-state index is -0.918. The van der Waals surface area contributed by atoms with Crippen molar-refractivity contribution in [2.45, 2.75) is 38.3 Å². The number of halogens is 1. The van der Waals surface area contributed by atoms with Crippen molar-refractivity contribution >= 4 is 27.8 Å². The van der Waals surface area contributed by atoms with Crippen molar-refractivity contribution in [3.8, 4) is 0 Å². The molecule has 1 atom stereocenters. The molecule has 2 aliphatic rings. The molecule has 1 aliphatic carbocycles. The molecule has 4 nitrogen and oxygen atoms in total. The third-order valence-electron chi connectivity index (χ3n) is 4.35. The lowest BCUT2D eigenvalue weighted by molar-refractivity contribution is -0.154. The van der Waals surface area contributed by atoms with Gasteiger partial charge in [0.25, 0.3) is 0 Å². The number of fused-ring (bicyclic) bond motifs is 1. The molecule has 1 fully saturated rings. The normalized spacial score (nSPS) is 22.1. The topological polar surface area (TPSA) is 57.6 Å².